The number of hydrogen-bond donors (Lipinski definition) is 0. The maximum atomic E-state index is 12.3. The zero-order valence-corrected chi connectivity index (χ0v) is 15.8. The third kappa shape index (κ3) is 4.21. The van der Waals surface area contributed by atoms with Crippen molar-refractivity contribution in [3.8, 4) is 6.07 Å². The van der Waals surface area contributed by atoms with Gasteiger partial charge >= 0.3 is 5.97 Å². The molecule has 0 aliphatic heterocycles. The Morgan fingerprint density at radius 2 is 2.12 bits per heavy atom. The molecule has 2 aromatic heterocycles. The van der Waals surface area contributed by atoms with E-state index in [2.05, 4.69) is 9.72 Å². The Bertz CT molecular complexity index is 849. The smallest absolute Gasteiger partial charge is 0.349 e. The molecule has 7 nitrogen and oxygen atoms in total. The highest BCUT2D eigenvalue weighted by Gasteiger charge is 2.16. The molecular formula is C19H23N3O4. The van der Waals surface area contributed by atoms with E-state index in [-0.39, 0.29) is 12.2 Å². The number of aryl methyl sites for hydroxylation is 3. The summed E-state index contributed by atoms with van der Waals surface area (Å²) in [5.41, 5.74) is 4.14. The van der Waals surface area contributed by atoms with Gasteiger partial charge in [0.2, 0.25) is 0 Å². The lowest BCUT2D eigenvalue weighted by Gasteiger charge is -2.08. The molecule has 0 saturated heterocycles. The van der Waals surface area contributed by atoms with E-state index >= 15 is 0 Å². The lowest BCUT2D eigenvalue weighted by atomic mass is 10.1. The number of aromatic nitrogens is 2. The summed E-state index contributed by atoms with van der Waals surface area (Å²) in [4.78, 5) is 12.3. The molecule has 0 saturated carbocycles. The first kappa shape index (κ1) is 19.5. The van der Waals surface area contributed by atoms with Gasteiger partial charge in [-0.2, -0.15) is 5.26 Å². The number of nitrogens with zero attached hydrogens (tertiary/aromatic N) is 3. The van der Waals surface area contributed by atoms with Crippen molar-refractivity contribution in [1.29, 1.82) is 5.26 Å². The zero-order chi connectivity index (χ0) is 19.3. The second-order valence-corrected chi connectivity index (χ2v) is 6.02. The molecule has 2 rings (SSSR count). The number of nitriles is 1. The Morgan fingerprint density at radius 1 is 1.38 bits per heavy atom. The van der Waals surface area contributed by atoms with E-state index in [4.69, 9.17) is 14.0 Å². The fraction of sp³-hybridized carbons (Fsp3) is 0.421. The summed E-state index contributed by atoms with van der Waals surface area (Å²) in [5.74, 6) is -0.0753. The van der Waals surface area contributed by atoms with Crippen LogP contribution in [0.4, 0.5) is 0 Å². The van der Waals surface area contributed by atoms with Crippen molar-refractivity contribution in [1.82, 2.24) is 9.72 Å². The minimum Gasteiger partial charge on any atom is -0.456 e. The van der Waals surface area contributed by atoms with Gasteiger partial charge in [-0.05, 0) is 45.4 Å². The van der Waals surface area contributed by atoms with E-state index in [0.717, 1.165) is 17.0 Å². The topological polar surface area (TPSA) is 90.3 Å². The second-order valence-electron chi connectivity index (χ2n) is 6.02. The van der Waals surface area contributed by atoms with Crippen LogP contribution in [0.1, 0.15) is 34.0 Å². The van der Waals surface area contributed by atoms with E-state index in [1.54, 1.807) is 27.0 Å². The van der Waals surface area contributed by atoms with E-state index in [1.165, 1.54) is 0 Å². The number of carbonyl (C=O) groups is 1. The summed E-state index contributed by atoms with van der Waals surface area (Å²) in [6.07, 6.45) is 1.56. The summed E-state index contributed by atoms with van der Waals surface area (Å²) in [5, 5.41) is 13.2. The molecule has 0 fully saturated rings. The van der Waals surface area contributed by atoms with Gasteiger partial charge < -0.3 is 18.6 Å². The Balaban J connectivity index is 2.17. The Hall–Kier alpha value is -2.85. The predicted octanol–water partition coefficient (Wildman–Crippen LogP) is 3.01. The van der Waals surface area contributed by atoms with Gasteiger partial charge in [0.25, 0.3) is 0 Å². The van der Waals surface area contributed by atoms with Crippen LogP contribution in [-0.2, 0) is 27.4 Å². The quantitative estimate of drug-likeness (QED) is 0.430. The molecular weight excluding hydrogens is 334 g/mol. The van der Waals surface area contributed by atoms with Crippen LogP contribution in [-0.4, -0.2) is 29.4 Å². The first-order valence-corrected chi connectivity index (χ1v) is 8.25. The average molecular weight is 357 g/mol. The van der Waals surface area contributed by atoms with Gasteiger partial charge in [-0.15, -0.1) is 0 Å². The lowest BCUT2D eigenvalue weighted by molar-refractivity contribution is -0.139. The molecule has 0 bridgehead atoms. The monoisotopic (exact) mass is 357 g/mol. The normalized spacial score (nSPS) is 11.5. The van der Waals surface area contributed by atoms with Gasteiger partial charge in [0, 0.05) is 25.0 Å². The zero-order valence-electron chi connectivity index (χ0n) is 15.8. The van der Waals surface area contributed by atoms with Gasteiger partial charge in [0.15, 0.2) is 0 Å². The summed E-state index contributed by atoms with van der Waals surface area (Å²) in [6.45, 7) is 8.76. The van der Waals surface area contributed by atoms with Crippen molar-refractivity contribution in [2.45, 2.75) is 40.8 Å². The van der Waals surface area contributed by atoms with E-state index in [9.17, 15) is 10.1 Å². The number of ether oxygens (including phenoxy) is 2. The Kier molecular flexibility index (Phi) is 6.36. The van der Waals surface area contributed by atoms with Crippen molar-refractivity contribution in [3.63, 3.8) is 0 Å². The Morgan fingerprint density at radius 3 is 2.69 bits per heavy atom. The number of methoxy groups -OCH3 is 1. The van der Waals surface area contributed by atoms with Crippen LogP contribution >= 0.6 is 0 Å². The van der Waals surface area contributed by atoms with Gasteiger partial charge in [0.05, 0.1) is 17.9 Å². The highest BCUT2D eigenvalue weighted by molar-refractivity contribution is 5.98. The van der Waals surface area contributed by atoms with Crippen LogP contribution in [0.25, 0.3) is 6.08 Å². The van der Waals surface area contributed by atoms with Gasteiger partial charge in [0.1, 0.15) is 24.0 Å². The van der Waals surface area contributed by atoms with Crippen LogP contribution < -0.4 is 0 Å². The minimum absolute atomic E-state index is 0.0197. The third-order valence-corrected chi connectivity index (χ3v) is 4.30. The predicted molar refractivity (Wildman–Crippen MR) is 95.1 cm³/mol. The molecule has 0 aliphatic rings. The van der Waals surface area contributed by atoms with Crippen molar-refractivity contribution in [3.05, 3.63) is 45.6 Å². The molecule has 7 heteroatoms. The molecule has 0 spiro atoms. The highest BCUT2D eigenvalue weighted by Crippen LogP contribution is 2.19. The molecule has 0 radical (unpaired) electrons. The van der Waals surface area contributed by atoms with E-state index in [1.807, 2.05) is 26.0 Å². The number of esters is 1. The van der Waals surface area contributed by atoms with E-state index < -0.39 is 5.97 Å². The summed E-state index contributed by atoms with van der Waals surface area (Å²) in [7, 11) is 1.65. The van der Waals surface area contributed by atoms with Crippen LogP contribution in [0.5, 0.6) is 0 Å². The molecule has 138 valence electrons. The molecule has 0 aliphatic carbocycles. The van der Waals surface area contributed by atoms with Crippen molar-refractivity contribution >= 4 is 12.0 Å². The largest absolute Gasteiger partial charge is 0.456 e. The van der Waals surface area contributed by atoms with Gasteiger partial charge in [-0.3, -0.25) is 0 Å². The fourth-order valence-electron chi connectivity index (χ4n) is 2.72. The number of hydrogen-bond acceptors (Lipinski definition) is 6. The van der Waals surface area contributed by atoms with Crippen LogP contribution in [0.2, 0.25) is 0 Å². The Labute approximate surface area is 152 Å². The SMILES string of the molecule is COCCn1c(C)cc(/C=C(\C#N)C(=O)OCc2c(C)noc2C)c1C. The van der Waals surface area contributed by atoms with Crippen LogP contribution in [0.15, 0.2) is 16.2 Å². The number of rotatable bonds is 7. The number of carbonyl (C=O) groups excluding carboxylic acids is 1. The van der Waals surface area contributed by atoms with Crippen LogP contribution in [0.3, 0.4) is 0 Å². The summed E-state index contributed by atoms with van der Waals surface area (Å²) in [6, 6.07) is 3.86. The summed E-state index contributed by atoms with van der Waals surface area (Å²) < 4.78 is 17.5. The van der Waals surface area contributed by atoms with Gasteiger partial charge in [-0.25, -0.2) is 4.79 Å². The maximum absolute atomic E-state index is 12.3. The lowest BCUT2D eigenvalue weighted by Crippen LogP contribution is -2.08. The average Bonchev–Trinajstić information content (AvgIpc) is 3.07. The first-order chi connectivity index (χ1) is 12.4. The first-order valence-electron chi connectivity index (χ1n) is 8.25. The maximum Gasteiger partial charge on any atom is 0.349 e. The minimum atomic E-state index is -0.672. The highest BCUT2D eigenvalue weighted by atomic mass is 16.5. The molecule has 0 N–H and O–H groups in total. The molecule has 2 heterocycles. The third-order valence-electron chi connectivity index (χ3n) is 4.30. The van der Waals surface area contributed by atoms with E-state index in [0.29, 0.717) is 30.2 Å². The molecule has 0 unspecified atom stereocenters. The fourth-order valence-corrected chi connectivity index (χ4v) is 2.72. The molecule has 0 amide bonds. The molecule has 0 atom stereocenters. The molecule has 2 aromatic rings. The van der Waals surface area contributed by atoms with Crippen molar-refractivity contribution in [2.75, 3.05) is 13.7 Å². The second kappa shape index (κ2) is 8.50. The summed E-state index contributed by atoms with van der Waals surface area (Å²) >= 11 is 0. The van der Waals surface area contributed by atoms with Crippen molar-refractivity contribution in [2.24, 2.45) is 0 Å². The van der Waals surface area contributed by atoms with Crippen molar-refractivity contribution < 1.29 is 18.8 Å². The molecule has 0 aromatic carbocycles. The van der Waals surface area contributed by atoms with Gasteiger partial charge in [-0.1, -0.05) is 5.16 Å². The standard InChI is InChI=1S/C19H23N3O4/c1-12-8-16(14(3)22(12)6-7-24-5)9-17(10-20)19(23)25-11-18-13(2)21-26-15(18)4/h8-9H,6-7,11H2,1-5H3/b17-9+. The van der Waals surface area contributed by atoms with Crippen LogP contribution in [0, 0.1) is 39.0 Å². The molecule has 26 heavy (non-hydrogen) atoms.